The molecule has 1 fully saturated rings. The van der Waals surface area contributed by atoms with Gasteiger partial charge in [-0.15, -0.1) is 0 Å². The monoisotopic (exact) mass is 322 g/mol. The van der Waals surface area contributed by atoms with E-state index in [0.717, 1.165) is 18.4 Å². The van der Waals surface area contributed by atoms with Crippen molar-refractivity contribution in [2.45, 2.75) is 50.4 Å². The molecule has 2 rings (SSSR count). The highest BCUT2D eigenvalue weighted by atomic mass is 16.5. The third-order valence-corrected chi connectivity index (χ3v) is 4.47. The van der Waals surface area contributed by atoms with Gasteiger partial charge in [-0.25, -0.2) is 4.79 Å². The van der Waals surface area contributed by atoms with E-state index < -0.39 is 11.6 Å². The molecule has 0 bridgehead atoms. The Morgan fingerprint density at radius 1 is 1.22 bits per heavy atom. The van der Waals surface area contributed by atoms with Crippen molar-refractivity contribution in [2.24, 2.45) is 0 Å². The smallest absolute Gasteiger partial charge is 0.407 e. The van der Waals surface area contributed by atoms with Crippen molar-refractivity contribution in [1.29, 1.82) is 0 Å². The van der Waals surface area contributed by atoms with Gasteiger partial charge >= 0.3 is 6.09 Å². The second-order valence-corrected chi connectivity index (χ2v) is 6.17. The third kappa shape index (κ3) is 4.92. The molecule has 1 aromatic rings. The molecule has 1 aromatic carbocycles. The summed E-state index contributed by atoms with van der Waals surface area (Å²) >= 11 is 0. The van der Waals surface area contributed by atoms with Gasteiger partial charge in [0.25, 0.3) is 0 Å². The minimum Gasteiger partial charge on any atom is -0.445 e. The van der Waals surface area contributed by atoms with Gasteiger partial charge < -0.3 is 25.6 Å². The Bertz CT molecular complexity index is 476. The van der Waals surface area contributed by atoms with Crippen LogP contribution in [0, 0.1) is 0 Å². The van der Waals surface area contributed by atoms with E-state index in [1.165, 1.54) is 0 Å². The van der Waals surface area contributed by atoms with E-state index >= 15 is 0 Å². The number of rotatable bonds is 8. The number of ether oxygens (including phenoxy) is 1. The summed E-state index contributed by atoms with van der Waals surface area (Å²) < 4.78 is 5.18. The summed E-state index contributed by atoms with van der Waals surface area (Å²) in [7, 11) is 0. The van der Waals surface area contributed by atoms with Gasteiger partial charge in [0.05, 0.1) is 18.8 Å². The maximum absolute atomic E-state index is 11.7. The first-order valence-electron chi connectivity index (χ1n) is 8.07. The summed E-state index contributed by atoms with van der Waals surface area (Å²) in [5.41, 5.74) is 0.318. The average molecular weight is 322 g/mol. The number of aliphatic hydroxyl groups is 2. The average Bonchev–Trinajstić information content (AvgIpc) is 2.56. The summed E-state index contributed by atoms with van der Waals surface area (Å²) in [6.07, 6.45) is 1.77. The van der Waals surface area contributed by atoms with Gasteiger partial charge in [0.15, 0.2) is 0 Å². The highest BCUT2D eigenvalue weighted by molar-refractivity contribution is 5.67. The molecule has 6 nitrogen and oxygen atoms in total. The van der Waals surface area contributed by atoms with Crippen LogP contribution in [-0.2, 0) is 11.3 Å². The Labute approximate surface area is 136 Å². The van der Waals surface area contributed by atoms with E-state index in [1.54, 1.807) is 0 Å². The second-order valence-electron chi connectivity index (χ2n) is 6.17. The van der Waals surface area contributed by atoms with Gasteiger partial charge in [-0.2, -0.15) is 0 Å². The Morgan fingerprint density at radius 2 is 1.87 bits per heavy atom. The summed E-state index contributed by atoms with van der Waals surface area (Å²) in [6.45, 7) is 1.98. The topological polar surface area (TPSA) is 90.8 Å². The van der Waals surface area contributed by atoms with Gasteiger partial charge in [0.1, 0.15) is 6.61 Å². The Kier molecular flexibility index (Phi) is 6.38. The first-order chi connectivity index (χ1) is 11.1. The van der Waals surface area contributed by atoms with Crippen molar-refractivity contribution in [2.75, 3.05) is 13.2 Å². The quantitative estimate of drug-likeness (QED) is 0.577. The molecular formula is C17H26N2O4. The van der Waals surface area contributed by atoms with Crippen molar-refractivity contribution >= 4 is 6.09 Å². The molecule has 23 heavy (non-hydrogen) atoms. The molecule has 0 aliphatic heterocycles. The molecule has 0 saturated heterocycles. The van der Waals surface area contributed by atoms with E-state index in [4.69, 9.17) is 4.74 Å². The van der Waals surface area contributed by atoms with Crippen molar-refractivity contribution in [3.8, 4) is 0 Å². The molecule has 0 aromatic heterocycles. The minimum absolute atomic E-state index is 0.0720. The van der Waals surface area contributed by atoms with E-state index in [-0.39, 0.29) is 31.9 Å². The highest BCUT2D eigenvalue weighted by Gasteiger charge is 2.37. The molecule has 0 spiro atoms. The van der Waals surface area contributed by atoms with E-state index in [9.17, 15) is 15.0 Å². The number of carbonyl (C=O) groups excluding carboxylic acids is 1. The lowest BCUT2D eigenvalue weighted by atomic mass is 9.84. The van der Waals surface area contributed by atoms with Crippen LogP contribution in [-0.4, -0.2) is 47.1 Å². The van der Waals surface area contributed by atoms with Crippen molar-refractivity contribution in [1.82, 2.24) is 10.6 Å². The van der Waals surface area contributed by atoms with Crippen LogP contribution >= 0.6 is 0 Å². The van der Waals surface area contributed by atoms with Gasteiger partial charge in [-0.1, -0.05) is 37.3 Å². The van der Waals surface area contributed by atoms with Crippen LogP contribution in [0.15, 0.2) is 30.3 Å². The van der Waals surface area contributed by atoms with Crippen molar-refractivity contribution in [3.63, 3.8) is 0 Å². The Morgan fingerprint density at radius 3 is 2.43 bits per heavy atom. The van der Waals surface area contributed by atoms with Gasteiger partial charge in [0, 0.05) is 12.1 Å². The molecule has 0 heterocycles. The molecule has 0 atom stereocenters. The minimum atomic E-state index is -0.635. The summed E-state index contributed by atoms with van der Waals surface area (Å²) in [5, 5.41) is 25.0. The molecule has 1 amide bonds. The van der Waals surface area contributed by atoms with Crippen molar-refractivity contribution < 1.29 is 19.7 Å². The molecule has 1 aliphatic rings. The fourth-order valence-corrected chi connectivity index (χ4v) is 2.68. The van der Waals surface area contributed by atoms with Gasteiger partial charge in [0.2, 0.25) is 0 Å². The fraction of sp³-hybridized carbons (Fsp3) is 0.588. The normalized spacial score (nSPS) is 20.7. The van der Waals surface area contributed by atoms with Crippen LogP contribution in [0.25, 0.3) is 0 Å². The zero-order valence-corrected chi connectivity index (χ0v) is 13.5. The Balaban J connectivity index is 1.66. The first kappa shape index (κ1) is 17.7. The zero-order chi connectivity index (χ0) is 16.7. The molecule has 0 unspecified atom stereocenters. The number of amides is 1. The molecular weight excluding hydrogens is 296 g/mol. The lowest BCUT2D eigenvalue weighted by Crippen LogP contribution is -2.61. The van der Waals surface area contributed by atoms with Crippen LogP contribution in [0.3, 0.4) is 0 Å². The molecule has 128 valence electrons. The largest absolute Gasteiger partial charge is 0.445 e. The number of aliphatic hydroxyl groups excluding tert-OH is 2. The van der Waals surface area contributed by atoms with E-state index in [0.29, 0.717) is 6.42 Å². The molecule has 4 N–H and O–H groups in total. The standard InChI is InChI=1S/C17H26N2O4/c1-2-17(11-20,12-21)19-15-8-14(9-15)18-16(22)23-10-13-6-4-3-5-7-13/h3-7,14-15,19-21H,2,8-12H2,1H3,(H,18,22). The SMILES string of the molecule is CCC(CO)(CO)NC1CC(NC(=O)OCc2ccccc2)C1. The van der Waals surface area contributed by atoms with E-state index in [1.807, 2.05) is 37.3 Å². The number of hydrogen-bond acceptors (Lipinski definition) is 5. The maximum Gasteiger partial charge on any atom is 0.407 e. The fourth-order valence-electron chi connectivity index (χ4n) is 2.68. The van der Waals surface area contributed by atoms with Gasteiger partial charge in [-0.05, 0) is 24.8 Å². The number of alkyl carbamates (subject to hydrolysis) is 1. The zero-order valence-electron chi connectivity index (χ0n) is 13.5. The maximum atomic E-state index is 11.7. The third-order valence-electron chi connectivity index (χ3n) is 4.47. The number of nitrogens with one attached hydrogen (secondary N) is 2. The number of hydrogen-bond donors (Lipinski definition) is 4. The summed E-state index contributed by atoms with van der Waals surface area (Å²) in [4.78, 5) is 11.7. The van der Waals surface area contributed by atoms with E-state index in [2.05, 4.69) is 10.6 Å². The summed E-state index contributed by atoms with van der Waals surface area (Å²) in [5.74, 6) is 0. The molecule has 0 radical (unpaired) electrons. The van der Waals surface area contributed by atoms with Crippen LogP contribution in [0.4, 0.5) is 4.79 Å². The van der Waals surface area contributed by atoms with Crippen LogP contribution < -0.4 is 10.6 Å². The highest BCUT2D eigenvalue weighted by Crippen LogP contribution is 2.24. The van der Waals surface area contributed by atoms with Crippen LogP contribution in [0.2, 0.25) is 0 Å². The molecule has 6 heteroatoms. The summed E-state index contributed by atoms with van der Waals surface area (Å²) in [6, 6.07) is 9.80. The predicted molar refractivity (Wildman–Crippen MR) is 86.9 cm³/mol. The Hall–Kier alpha value is -1.63. The first-order valence-corrected chi connectivity index (χ1v) is 8.07. The van der Waals surface area contributed by atoms with Crippen molar-refractivity contribution in [3.05, 3.63) is 35.9 Å². The lowest BCUT2D eigenvalue weighted by Gasteiger charge is -2.42. The molecule has 1 saturated carbocycles. The molecule has 1 aliphatic carbocycles. The number of carbonyl (C=O) groups is 1. The second kappa shape index (κ2) is 8.29. The van der Waals surface area contributed by atoms with Crippen LogP contribution in [0.1, 0.15) is 31.7 Å². The van der Waals surface area contributed by atoms with Gasteiger partial charge in [-0.3, -0.25) is 0 Å². The van der Waals surface area contributed by atoms with Crippen LogP contribution in [0.5, 0.6) is 0 Å². The number of benzene rings is 1. The predicted octanol–water partition coefficient (Wildman–Crippen LogP) is 1.17. The lowest BCUT2D eigenvalue weighted by molar-refractivity contribution is 0.0583.